The van der Waals surface area contributed by atoms with Crippen molar-refractivity contribution in [3.05, 3.63) is 0 Å². The molecule has 0 aliphatic rings. The van der Waals surface area contributed by atoms with Crippen LogP contribution in [0.4, 0.5) is 0 Å². The maximum absolute atomic E-state index is 12.4. The zero-order valence-electron chi connectivity index (χ0n) is 36.6. The van der Waals surface area contributed by atoms with E-state index in [1.54, 1.807) is 0 Å². The minimum Gasteiger partial charge on any atom is -0.394 e. The lowest BCUT2D eigenvalue weighted by Crippen LogP contribution is -2.45. The van der Waals surface area contributed by atoms with E-state index in [1.807, 2.05) is 0 Å². The van der Waals surface area contributed by atoms with Gasteiger partial charge in [-0.3, -0.25) is 4.79 Å². The van der Waals surface area contributed by atoms with E-state index in [9.17, 15) is 15.0 Å². The van der Waals surface area contributed by atoms with Gasteiger partial charge in [-0.15, -0.1) is 0 Å². The second-order valence-electron chi connectivity index (χ2n) is 17.3. The van der Waals surface area contributed by atoms with Gasteiger partial charge in [0.1, 0.15) is 0 Å². The van der Waals surface area contributed by atoms with E-state index in [2.05, 4.69) is 19.2 Å². The van der Waals surface area contributed by atoms with Crippen molar-refractivity contribution in [3.8, 4) is 0 Å². The molecule has 1 amide bonds. The molecular formula is C49H99NO3. The highest BCUT2D eigenvalue weighted by atomic mass is 16.3. The highest BCUT2D eigenvalue weighted by Gasteiger charge is 2.20. The van der Waals surface area contributed by atoms with Crippen LogP contribution in [0.3, 0.4) is 0 Å². The molecule has 53 heavy (non-hydrogen) atoms. The fourth-order valence-corrected chi connectivity index (χ4v) is 8.07. The largest absolute Gasteiger partial charge is 0.394 e. The normalized spacial score (nSPS) is 12.8. The molecule has 2 unspecified atom stereocenters. The number of hydrogen-bond donors (Lipinski definition) is 3. The van der Waals surface area contributed by atoms with Crippen molar-refractivity contribution < 1.29 is 15.0 Å². The summed E-state index contributed by atoms with van der Waals surface area (Å²) >= 11 is 0. The average molecular weight is 750 g/mol. The van der Waals surface area contributed by atoms with Crippen LogP contribution in [0.2, 0.25) is 0 Å². The van der Waals surface area contributed by atoms with Crippen molar-refractivity contribution in [1.29, 1.82) is 0 Å². The summed E-state index contributed by atoms with van der Waals surface area (Å²) in [6.45, 7) is 4.38. The SMILES string of the molecule is CCCCCCCCCCCCCCCCCCCCCCCCCCCCCCCC(O)C(CO)NC(=O)CCCCCCCCCCCCCC. The third kappa shape index (κ3) is 42.4. The topological polar surface area (TPSA) is 69.6 Å². The third-order valence-corrected chi connectivity index (χ3v) is 11.9. The van der Waals surface area contributed by atoms with Crippen LogP contribution in [-0.2, 0) is 4.79 Å². The molecule has 0 aromatic heterocycles. The molecule has 0 saturated heterocycles. The Balaban J connectivity index is 3.37. The van der Waals surface area contributed by atoms with Gasteiger partial charge in [-0.05, 0) is 12.8 Å². The molecule has 0 rings (SSSR count). The molecular weight excluding hydrogens is 651 g/mol. The van der Waals surface area contributed by atoms with Gasteiger partial charge in [0.2, 0.25) is 5.91 Å². The number of amides is 1. The highest BCUT2D eigenvalue weighted by molar-refractivity contribution is 5.76. The second kappa shape index (κ2) is 45.8. The summed E-state index contributed by atoms with van der Waals surface area (Å²) in [7, 11) is 0. The number of nitrogens with one attached hydrogen (secondary N) is 1. The van der Waals surface area contributed by atoms with E-state index >= 15 is 0 Å². The van der Waals surface area contributed by atoms with Gasteiger partial charge in [-0.25, -0.2) is 0 Å². The molecule has 0 heterocycles. The predicted octanol–water partition coefficient (Wildman–Crippen LogP) is 15.6. The van der Waals surface area contributed by atoms with Gasteiger partial charge in [0, 0.05) is 6.42 Å². The fourth-order valence-electron chi connectivity index (χ4n) is 8.07. The molecule has 0 aliphatic heterocycles. The lowest BCUT2D eigenvalue weighted by molar-refractivity contribution is -0.123. The lowest BCUT2D eigenvalue weighted by Gasteiger charge is -2.22. The first-order valence-electron chi connectivity index (χ1n) is 24.7. The van der Waals surface area contributed by atoms with Gasteiger partial charge < -0.3 is 15.5 Å². The average Bonchev–Trinajstić information content (AvgIpc) is 3.16. The summed E-state index contributed by atoms with van der Waals surface area (Å²) in [5.41, 5.74) is 0. The molecule has 0 aromatic carbocycles. The number of aliphatic hydroxyl groups is 2. The Morgan fingerprint density at radius 1 is 0.377 bits per heavy atom. The number of carbonyl (C=O) groups excluding carboxylic acids is 1. The molecule has 0 aromatic rings. The second-order valence-corrected chi connectivity index (χ2v) is 17.3. The number of aliphatic hydroxyl groups excluding tert-OH is 2. The summed E-state index contributed by atoms with van der Waals surface area (Å²) in [6, 6.07) is -0.529. The minimum atomic E-state index is -0.653. The lowest BCUT2D eigenvalue weighted by atomic mass is 10.0. The first-order valence-corrected chi connectivity index (χ1v) is 24.7. The van der Waals surface area contributed by atoms with Gasteiger partial charge in [0.15, 0.2) is 0 Å². The molecule has 0 bridgehead atoms. The van der Waals surface area contributed by atoms with Crippen LogP contribution in [0.15, 0.2) is 0 Å². The smallest absolute Gasteiger partial charge is 0.220 e. The maximum Gasteiger partial charge on any atom is 0.220 e. The fraction of sp³-hybridized carbons (Fsp3) is 0.980. The first-order chi connectivity index (χ1) is 26.2. The van der Waals surface area contributed by atoms with Crippen molar-refractivity contribution in [2.24, 2.45) is 0 Å². The van der Waals surface area contributed by atoms with Crippen LogP contribution in [0.1, 0.15) is 290 Å². The van der Waals surface area contributed by atoms with E-state index in [0.29, 0.717) is 12.8 Å². The zero-order chi connectivity index (χ0) is 38.6. The van der Waals surface area contributed by atoms with Gasteiger partial charge in [-0.1, -0.05) is 271 Å². The van der Waals surface area contributed by atoms with Gasteiger partial charge >= 0.3 is 0 Å². The highest BCUT2D eigenvalue weighted by Crippen LogP contribution is 2.18. The molecule has 0 aliphatic carbocycles. The molecule has 0 saturated carbocycles. The maximum atomic E-state index is 12.4. The van der Waals surface area contributed by atoms with Crippen molar-refractivity contribution in [2.45, 2.75) is 302 Å². The van der Waals surface area contributed by atoms with E-state index in [4.69, 9.17) is 0 Å². The van der Waals surface area contributed by atoms with E-state index in [1.165, 1.54) is 238 Å². The number of rotatable bonds is 46. The van der Waals surface area contributed by atoms with E-state index in [-0.39, 0.29) is 12.5 Å². The predicted molar refractivity (Wildman–Crippen MR) is 235 cm³/mol. The molecule has 318 valence electrons. The molecule has 0 radical (unpaired) electrons. The zero-order valence-corrected chi connectivity index (χ0v) is 36.6. The molecule has 4 heteroatoms. The van der Waals surface area contributed by atoms with Crippen LogP contribution in [0.25, 0.3) is 0 Å². The van der Waals surface area contributed by atoms with Crippen molar-refractivity contribution in [2.75, 3.05) is 6.61 Å². The number of hydrogen-bond acceptors (Lipinski definition) is 3. The van der Waals surface area contributed by atoms with Crippen molar-refractivity contribution in [3.63, 3.8) is 0 Å². The summed E-state index contributed by atoms with van der Waals surface area (Å²) in [5.74, 6) is -0.0271. The monoisotopic (exact) mass is 750 g/mol. The molecule has 2 atom stereocenters. The molecule has 3 N–H and O–H groups in total. The standard InChI is InChI=1S/C49H99NO3/c1-3-5-7-9-11-13-15-17-18-19-20-21-22-23-24-25-26-27-28-29-30-31-32-33-34-36-38-40-42-44-48(52)47(46-51)50-49(53)45-43-41-39-37-35-16-14-12-10-8-6-4-2/h47-48,51-52H,3-46H2,1-2H3,(H,50,53). The number of unbranched alkanes of at least 4 members (excludes halogenated alkanes) is 39. The minimum absolute atomic E-state index is 0.0271. The van der Waals surface area contributed by atoms with Crippen molar-refractivity contribution >= 4 is 5.91 Å². The van der Waals surface area contributed by atoms with Crippen LogP contribution in [-0.4, -0.2) is 34.9 Å². The van der Waals surface area contributed by atoms with Crippen LogP contribution in [0, 0.1) is 0 Å². The van der Waals surface area contributed by atoms with Crippen LogP contribution >= 0.6 is 0 Å². The number of carbonyl (C=O) groups is 1. The van der Waals surface area contributed by atoms with Gasteiger partial charge in [-0.2, -0.15) is 0 Å². The quantitative estimate of drug-likeness (QED) is 0.0543. The Morgan fingerprint density at radius 2 is 0.604 bits per heavy atom. The summed E-state index contributed by atoms with van der Waals surface area (Å²) in [5, 5.41) is 23.2. The van der Waals surface area contributed by atoms with Gasteiger partial charge in [0.05, 0.1) is 18.8 Å². The first kappa shape index (κ1) is 52.4. The van der Waals surface area contributed by atoms with E-state index < -0.39 is 12.1 Å². The Morgan fingerprint density at radius 3 is 0.849 bits per heavy atom. The Kier molecular flexibility index (Phi) is 45.3. The Hall–Kier alpha value is -0.610. The van der Waals surface area contributed by atoms with E-state index in [0.717, 1.165) is 25.7 Å². The van der Waals surface area contributed by atoms with Crippen molar-refractivity contribution in [1.82, 2.24) is 5.32 Å². The third-order valence-electron chi connectivity index (χ3n) is 11.9. The Bertz CT molecular complexity index is 685. The summed E-state index contributed by atoms with van der Waals surface area (Å²) in [4.78, 5) is 12.4. The summed E-state index contributed by atoms with van der Waals surface area (Å²) in [6.07, 6.45) is 56.4. The molecule has 0 fully saturated rings. The molecule has 4 nitrogen and oxygen atoms in total. The molecule has 0 spiro atoms. The van der Waals surface area contributed by atoms with Gasteiger partial charge in [0.25, 0.3) is 0 Å². The van der Waals surface area contributed by atoms with Crippen LogP contribution in [0.5, 0.6) is 0 Å². The summed E-state index contributed by atoms with van der Waals surface area (Å²) < 4.78 is 0. The Labute approximate surface area is 334 Å². The van der Waals surface area contributed by atoms with Crippen LogP contribution < -0.4 is 5.32 Å².